The third-order valence-electron chi connectivity index (χ3n) is 16.8. The van der Waals surface area contributed by atoms with Crippen LogP contribution in [0.15, 0.2) is 24.3 Å². The SMILES string of the molecule is CCCCCC/C=C\C=C/CCCCCCCC(=O)OC[C@H](COP(=O)(O)OC[C@@H](O)COP(=O)(O)OC[C@@H](COC(=O)CCCCCCCCCC(C)C)OC(=O)CCCCCCCCCCCCC(C)C)OC(=O)CCCCCCCCCCCCCCCCCC. The molecule has 0 aromatic heterocycles. The molecule has 0 aliphatic rings. The molecule has 0 rings (SSSR count). The number of carbonyl (C=O) groups is 4. The summed E-state index contributed by atoms with van der Waals surface area (Å²) in [5.41, 5.74) is 0. The lowest BCUT2D eigenvalue weighted by Crippen LogP contribution is -2.30. The number of esters is 4. The van der Waals surface area contributed by atoms with E-state index in [-0.39, 0.29) is 25.7 Å². The largest absolute Gasteiger partial charge is 0.472 e. The topological polar surface area (TPSA) is 237 Å². The number of carbonyl (C=O) groups excluding carboxylic acids is 4. The van der Waals surface area contributed by atoms with E-state index >= 15 is 0 Å². The van der Waals surface area contributed by atoms with Crippen LogP contribution in [0, 0.1) is 11.8 Å². The number of allylic oxidation sites excluding steroid dienone is 4. The molecule has 554 valence electrons. The zero-order valence-electron chi connectivity index (χ0n) is 60.7. The van der Waals surface area contributed by atoms with E-state index in [1.807, 2.05) is 0 Å². The van der Waals surface area contributed by atoms with Gasteiger partial charge in [0, 0.05) is 25.7 Å². The minimum atomic E-state index is -4.96. The molecule has 3 N–H and O–H groups in total. The fourth-order valence-electron chi connectivity index (χ4n) is 10.9. The maximum atomic E-state index is 13.1. The lowest BCUT2D eigenvalue weighted by atomic mass is 10.0. The van der Waals surface area contributed by atoms with Crippen molar-refractivity contribution in [2.24, 2.45) is 11.8 Å². The normalized spacial score (nSPS) is 14.2. The summed E-state index contributed by atoms with van der Waals surface area (Å²) in [6.07, 6.45) is 56.3. The quantitative estimate of drug-likeness (QED) is 0.0169. The number of phosphoric ester groups is 2. The van der Waals surface area contributed by atoms with Crippen molar-refractivity contribution in [1.82, 2.24) is 0 Å². The number of aliphatic hydroxyl groups is 1. The maximum absolute atomic E-state index is 13.1. The van der Waals surface area contributed by atoms with Crippen LogP contribution < -0.4 is 0 Å². The van der Waals surface area contributed by atoms with Gasteiger partial charge in [0.2, 0.25) is 0 Å². The van der Waals surface area contributed by atoms with Gasteiger partial charge < -0.3 is 33.8 Å². The Bertz CT molecular complexity index is 1910. The van der Waals surface area contributed by atoms with Gasteiger partial charge in [-0.1, -0.05) is 310 Å². The van der Waals surface area contributed by atoms with Crippen molar-refractivity contribution in [2.75, 3.05) is 39.6 Å². The minimum absolute atomic E-state index is 0.101. The summed E-state index contributed by atoms with van der Waals surface area (Å²) in [4.78, 5) is 72.7. The first kappa shape index (κ1) is 91.5. The summed E-state index contributed by atoms with van der Waals surface area (Å²) in [5.74, 6) is -0.694. The van der Waals surface area contributed by atoms with Gasteiger partial charge in [0.15, 0.2) is 12.2 Å². The van der Waals surface area contributed by atoms with Crippen molar-refractivity contribution in [3.05, 3.63) is 24.3 Å². The summed E-state index contributed by atoms with van der Waals surface area (Å²) in [5, 5.41) is 10.6. The van der Waals surface area contributed by atoms with E-state index in [4.69, 9.17) is 37.0 Å². The zero-order chi connectivity index (χ0) is 69.3. The monoisotopic (exact) mass is 1380 g/mol. The molecule has 0 aromatic rings. The summed E-state index contributed by atoms with van der Waals surface area (Å²) in [6.45, 7) is 9.45. The van der Waals surface area contributed by atoms with Crippen LogP contribution in [0.3, 0.4) is 0 Å². The Labute approximate surface area is 573 Å². The number of ether oxygens (including phenoxy) is 4. The molecule has 0 heterocycles. The molecule has 17 nitrogen and oxygen atoms in total. The summed E-state index contributed by atoms with van der Waals surface area (Å²) in [7, 11) is -9.92. The van der Waals surface area contributed by atoms with Crippen LogP contribution in [0.2, 0.25) is 0 Å². The fourth-order valence-corrected chi connectivity index (χ4v) is 12.5. The molecule has 0 aliphatic carbocycles. The van der Waals surface area contributed by atoms with E-state index in [0.29, 0.717) is 31.6 Å². The first-order valence-corrected chi connectivity index (χ1v) is 41.3. The number of hydrogen-bond acceptors (Lipinski definition) is 15. The fraction of sp³-hybridized carbons (Fsp3) is 0.893. The molecule has 0 bridgehead atoms. The number of aliphatic hydroxyl groups excluding tert-OH is 1. The molecule has 94 heavy (non-hydrogen) atoms. The molecule has 0 spiro atoms. The molecule has 0 aliphatic heterocycles. The maximum Gasteiger partial charge on any atom is 0.472 e. The summed E-state index contributed by atoms with van der Waals surface area (Å²) < 4.78 is 68.4. The Morgan fingerprint density at radius 2 is 0.574 bits per heavy atom. The predicted octanol–water partition coefficient (Wildman–Crippen LogP) is 21.5. The van der Waals surface area contributed by atoms with Crippen LogP contribution in [0.5, 0.6) is 0 Å². The van der Waals surface area contributed by atoms with Crippen molar-refractivity contribution in [2.45, 2.75) is 381 Å². The molecular formula is C75H142O17P2. The molecule has 0 radical (unpaired) electrons. The summed E-state index contributed by atoms with van der Waals surface area (Å²) >= 11 is 0. The van der Waals surface area contributed by atoms with E-state index in [9.17, 15) is 43.2 Å². The van der Waals surface area contributed by atoms with Crippen LogP contribution >= 0.6 is 15.6 Å². The van der Waals surface area contributed by atoms with Crippen molar-refractivity contribution in [1.29, 1.82) is 0 Å². The van der Waals surface area contributed by atoms with Gasteiger partial charge >= 0.3 is 39.5 Å². The highest BCUT2D eigenvalue weighted by Gasteiger charge is 2.30. The number of rotatable bonds is 72. The lowest BCUT2D eigenvalue weighted by Gasteiger charge is -2.21. The second-order valence-electron chi connectivity index (χ2n) is 27.3. The molecular weight excluding hydrogens is 1230 g/mol. The third-order valence-corrected chi connectivity index (χ3v) is 18.7. The number of unbranched alkanes of at least 4 members (excludes halogenated alkanes) is 39. The molecule has 0 fully saturated rings. The second kappa shape index (κ2) is 66.4. The van der Waals surface area contributed by atoms with Crippen molar-refractivity contribution < 1.29 is 80.2 Å². The average Bonchev–Trinajstić information content (AvgIpc) is 1.28. The highest BCUT2D eigenvalue weighted by molar-refractivity contribution is 7.47. The van der Waals surface area contributed by atoms with E-state index in [1.54, 1.807) is 0 Å². The standard InChI is InChI=1S/C75H142O17P2/c1-7-9-11-13-15-17-19-21-23-25-27-29-34-40-47-53-59-74(79)91-70(63-85-72(77)57-51-45-39-33-28-26-24-22-20-18-16-14-12-10-8-2)65-89-93(81,82)87-61-69(76)62-88-94(83,84)90-66-71(64-86-73(78)58-52-46-42-36-38-44-50-56-68(5)6)92-75(80)60-54-48-41-35-31-30-32-37-43-49-55-67(3)4/h18,20,22,24,67-71,76H,7-17,19,21,23,25-66H2,1-6H3,(H,81,82)(H,83,84)/b20-18-,24-22-/t69-,70-,71-/m1/s1. The Kier molecular flexibility index (Phi) is 64.7. The molecule has 0 saturated carbocycles. The zero-order valence-corrected chi connectivity index (χ0v) is 62.5. The van der Waals surface area contributed by atoms with E-state index in [1.165, 1.54) is 154 Å². The van der Waals surface area contributed by atoms with Gasteiger partial charge in [0.1, 0.15) is 19.3 Å². The van der Waals surface area contributed by atoms with Gasteiger partial charge in [-0.15, -0.1) is 0 Å². The molecule has 19 heteroatoms. The molecule has 5 atom stereocenters. The molecule has 0 amide bonds. The van der Waals surface area contributed by atoms with E-state index in [2.05, 4.69) is 65.8 Å². The van der Waals surface area contributed by atoms with Crippen molar-refractivity contribution in [3.8, 4) is 0 Å². The van der Waals surface area contributed by atoms with Gasteiger partial charge in [-0.25, -0.2) is 9.13 Å². The Morgan fingerprint density at radius 1 is 0.330 bits per heavy atom. The highest BCUT2D eigenvalue weighted by Crippen LogP contribution is 2.45. The van der Waals surface area contributed by atoms with Crippen LogP contribution in [0.4, 0.5) is 0 Å². The Morgan fingerprint density at radius 3 is 0.872 bits per heavy atom. The van der Waals surface area contributed by atoms with Gasteiger partial charge in [-0.2, -0.15) is 0 Å². The number of phosphoric acid groups is 2. The van der Waals surface area contributed by atoms with Crippen LogP contribution in [-0.2, 0) is 65.4 Å². The van der Waals surface area contributed by atoms with E-state index < -0.39 is 97.5 Å². The van der Waals surface area contributed by atoms with Crippen molar-refractivity contribution >= 4 is 39.5 Å². The number of hydrogen-bond donors (Lipinski definition) is 3. The third kappa shape index (κ3) is 68.1. The highest BCUT2D eigenvalue weighted by atomic mass is 31.2. The van der Waals surface area contributed by atoms with Crippen LogP contribution in [0.1, 0.15) is 363 Å². The molecule has 2 unspecified atom stereocenters. The van der Waals surface area contributed by atoms with Gasteiger partial charge in [0.25, 0.3) is 0 Å². The first-order valence-electron chi connectivity index (χ1n) is 38.3. The first-order chi connectivity index (χ1) is 45.4. The molecule has 0 saturated heterocycles. The Hall–Kier alpha value is -2.46. The Balaban J connectivity index is 5.29. The summed E-state index contributed by atoms with van der Waals surface area (Å²) in [6, 6.07) is 0. The second-order valence-corrected chi connectivity index (χ2v) is 30.2. The molecule has 0 aromatic carbocycles. The van der Waals surface area contributed by atoms with Gasteiger partial charge in [0.05, 0.1) is 26.4 Å². The van der Waals surface area contributed by atoms with Crippen molar-refractivity contribution in [3.63, 3.8) is 0 Å². The van der Waals surface area contributed by atoms with Crippen LogP contribution in [-0.4, -0.2) is 96.7 Å². The van der Waals surface area contributed by atoms with Gasteiger partial charge in [-0.3, -0.25) is 37.3 Å². The average molecular weight is 1380 g/mol. The predicted molar refractivity (Wildman–Crippen MR) is 381 cm³/mol. The van der Waals surface area contributed by atoms with E-state index in [0.717, 1.165) is 121 Å². The minimum Gasteiger partial charge on any atom is -0.462 e. The van der Waals surface area contributed by atoms with Gasteiger partial charge in [-0.05, 0) is 63.2 Å². The van der Waals surface area contributed by atoms with Crippen LogP contribution in [0.25, 0.3) is 0 Å². The lowest BCUT2D eigenvalue weighted by molar-refractivity contribution is -0.161. The smallest absolute Gasteiger partial charge is 0.462 e.